The van der Waals surface area contributed by atoms with Crippen molar-refractivity contribution in [2.75, 3.05) is 19.7 Å². The molecule has 0 atom stereocenters. The van der Waals surface area contributed by atoms with Crippen molar-refractivity contribution in [1.82, 2.24) is 10.6 Å². The summed E-state index contributed by atoms with van der Waals surface area (Å²) in [5, 5.41) is 5.34. The van der Waals surface area contributed by atoms with Gasteiger partial charge in [-0.3, -0.25) is 4.79 Å². The quantitative estimate of drug-likeness (QED) is 0.640. The number of amides is 2. The van der Waals surface area contributed by atoms with E-state index in [-0.39, 0.29) is 11.8 Å². The Labute approximate surface area is 95.9 Å². The van der Waals surface area contributed by atoms with E-state index >= 15 is 0 Å². The van der Waals surface area contributed by atoms with Gasteiger partial charge in [-0.1, -0.05) is 13.3 Å². The first kappa shape index (κ1) is 12.8. The number of rotatable bonds is 7. The molecule has 0 heterocycles. The lowest BCUT2D eigenvalue weighted by atomic mass is 10.4. The van der Waals surface area contributed by atoms with Crippen molar-refractivity contribution < 1.29 is 14.3 Å². The van der Waals surface area contributed by atoms with E-state index in [2.05, 4.69) is 10.6 Å². The highest BCUT2D eigenvalue weighted by molar-refractivity contribution is 5.80. The fourth-order valence-electron chi connectivity index (χ4n) is 1.20. The van der Waals surface area contributed by atoms with Crippen molar-refractivity contribution in [1.29, 1.82) is 0 Å². The van der Waals surface area contributed by atoms with E-state index in [4.69, 9.17) is 4.74 Å². The number of hydrogen-bond donors (Lipinski definition) is 2. The number of carbonyl (C=O) groups is 2. The van der Waals surface area contributed by atoms with E-state index in [9.17, 15) is 9.59 Å². The maximum Gasteiger partial charge on any atom is 0.407 e. The van der Waals surface area contributed by atoms with Crippen LogP contribution in [0.2, 0.25) is 0 Å². The fraction of sp³-hybridized carbons (Fsp3) is 0.818. The molecule has 0 saturated heterocycles. The zero-order chi connectivity index (χ0) is 11.8. The summed E-state index contributed by atoms with van der Waals surface area (Å²) in [5.41, 5.74) is 0. The lowest BCUT2D eigenvalue weighted by Gasteiger charge is -2.07. The van der Waals surface area contributed by atoms with Gasteiger partial charge in [-0.05, 0) is 19.3 Å². The smallest absolute Gasteiger partial charge is 0.407 e. The summed E-state index contributed by atoms with van der Waals surface area (Å²) >= 11 is 0. The van der Waals surface area contributed by atoms with Gasteiger partial charge < -0.3 is 15.4 Å². The Morgan fingerprint density at radius 3 is 2.56 bits per heavy atom. The molecule has 0 aromatic carbocycles. The van der Waals surface area contributed by atoms with Gasteiger partial charge in [0.25, 0.3) is 0 Å². The molecule has 0 unspecified atom stereocenters. The lowest BCUT2D eigenvalue weighted by molar-refractivity contribution is -0.122. The van der Waals surface area contributed by atoms with Gasteiger partial charge >= 0.3 is 6.09 Å². The van der Waals surface area contributed by atoms with Crippen LogP contribution in [0.4, 0.5) is 4.79 Å². The van der Waals surface area contributed by atoms with Crippen molar-refractivity contribution in [2.24, 2.45) is 5.92 Å². The maximum absolute atomic E-state index is 11.2. The minimum Gasteiger partial charge on any atom is -0.450 e. The molecule has 0 radical (unpaired) electrons. The van der Waals surface area contributed by atoms with Crippen molar-refractivity contribution >= 4 is 12.0 Å². The fourth-order valence-corrected chi connectivity index (χ4v) is 1.20. The third-order valence-electron chi connectivity index (χ3n) is 2.37. The predicted octanol–water partition coefficient (Wildman–Crippen LogP) is 1.04. The third-order valence-corrected chi connectivity index (χ3v) is 2.37. The van der Waals surface area contributed by atoms with Gasteiger partial charge in [0.1, 0.15) is 0 Å². The zero-order valence-corrected chi connectivity index (χ0v) is 9.75. The summed E-state index contributed by atoms with van der Waals surface area (Å²) in [6, 6.07) is 0. The summed E-state index contributed by atoms with van der Waals surface area (Å²) < 4.78 is 4.89. The normalized spacial score (nSPS) is 14.3. The van der Waals surface area contributed by atoms with Gasteiger partial charge in [-0.2, -0.15) is 0 Å². The number of ether oxygens (including phenoxy) is 1. The molecule has 0 aromatic rings. The SMILES string of the molecule is CCCCOC(=O)NCCNC(=O)C1CC1. The molecular formula is C11H20N2O3. The first-order valence-electron chi connectivity index (χ1n) is 5.92. The number of alkyl carbamates (subject to hydrolysis) is 1. The molecule has 1 saturated carbocycles. The Balaban J connectivity index is 1.89. The molecule has 0 bridgehead atoms. The molecule has 5 nitrogen and oxygen atoms in total. The largest absolute Gasteiger partial charge is 0.450 e. The highest BCUT2D eigenvalue weighted by Gasteiger charge is 2.28. The Morgan fingerprint density at radius 1 is 1.25 bits per heavy atom. The van der Waals surface area contributed by atoms with E-state index in [0.29, 0.717) is 19.7 Å². The minimum atomic E-state index is -0.408. The van der Waals surface area contributed by atoms with Gasteiger partial charge in [0.2, 0.25) is 5.91 Å². The minimum absolute atomic E-state index is 0.0983. The van der Waals surface area contributed by atoms with E-state index in [0.717, 1.165) is 25.7 Å². The molecule has 16 heavy (non-hydrogen) atoms. The van der Waals surface area contributed by atoms with Crippen molar-refractivity contribution in [3.05, 3.63) is 0 Å². The summed E-state index contributed by atoms with van der Waals surface area (Å²) in [5.74, 6) is 0.317. The summed E-state index contributed by atoms with van der Waals surface area (Å²) in [4.78, 5) is 22.3. The van der Waals surface area contributed by atoms with E-state index in [1.807, 2.05) is 6.92 Å². The van der Waals surface area contributed by atoms with Crippen molar-refractivity contribution in [3.63, 3.8) is 0 Å². The van der Waals surface area contributed by atoms with Crippen LogP contribution in [0.3, 0.4) is 0 Å². The van der Waals surface area contributed by atoms with Crippen molar-refractivity contribution in [2.45, 2.75) is 32.6 Å². The van der Waals surface area contributed by atoms with Crippen molar-refractivity contribution in [3.8, 4) is 0 Å². The van der Waals surface area contributed by atoms with Crippen LogP contribution < -0.4 is 10.6 Å². The Hall–Kier alpha value is -1.26. The van der Waals surface area contributed by atoms with Gasteiger partial charge in [-0.25, -0.2) is 4.79 Å². The molecule has 0 aliphatic heterocycles. The number of unbranched alkanes of at least 4 members (excludes halogenated alkanes) is 1. The molecule has 0 spiro atoms. The van der Waals surface area contributed by atoms with Crippen LogP contribution in [0.15, 0.2) is 0 Å². The molecule has 1 rings (SSSR count). The molecule has 5 heteroatoms. The third kappa shape index (κ3) is 5.58. The molecule has 1 aliphatic carbocycles. The molecule has 0 aromatic heterocycles. The highest BCUT2D eigenvalue weighted by atomic mass is 16.5. The van der Waals surface area contributed by atoms with Crippen LogP contribution in [-0.4, -0.2) is 31.7 Å². The van der Waals surface area contributed by atoms with Gasteiger partial charge in [-0.15, -0.1) is 0 Å². The Morgan fingerprint density at radius 2 is 1.94 bits per heavy atom. The van der Waals surface area contributed by atoms with Gasteiger partial charge in [0, 0.05) is 19.0 Å². The Bertz CT molecular complexity index is 239. The molecule has 1 fully saturated rings. The van der Waals surface area contributed by atoms with Crippen LogP contribution in [0, 0.1) is 5.92 Å². The number of carbonyl (C=O) groups excluding carboxylic acids is 2. The highest BCUT2D eigenvalue weighted by Crippen LogP contribution is 2.28. The van der Waals surface area contributed by atoms with Crippen LogP contribution >= 0.6 is 0 Å². The van der Waals surface area contributed by atoms with E-state index in [1.165, 1.54) is 0 Å². The summed E-state index contributed by atoms with van der Waals surface area (Å²) in [6.45, 7) is 3.38. The standard InChI is InChI=1S/C11H20N2O3/c1-2-3-8-16-11(15)13-7-6-12-10(14)9-4-5-9/h9H,2-8H2,1H3,(H,12,14)(H,13,15). The molecule has 2 N–H and O–H groups in total. The molecular weight excluding hydrogens is 208 g/mol. The monoisotopic (exact) mass is 228 g/mol. The van der Waals surface area contributed by atoms with Crippen LogP contribution in [0.25, 0.3) is 0 Å². The summed E-state index contributed by atoms with van der Waals surface area (Å²) in [7, 11) is 0. The average molecular weight is 228 g/mol. The second-order valence-electron chi connectivity index (χ2n) is 3.98. The number of nitrogens with one attached hydrogen (secondary N) is 2. The lowest BCUT2D eigenvalue weighted by Crippen LogP contribution is -2.35. The Kier molecular flexibility index (Phi) is 5.67. The average Bonchev–Trinajstić information content (AvgIpc) is 3.08. The van der Waals surface area contributed by atoms with Gasteiger partial charge in [0.05, 0.1) is 6.61 Å². The number of hydrogen-bond acceptors (Lipinski definition) is 3. The summed E-state index contributed by atoms with van der Waals surface area (Å²) in [6.07, 6.45) is 3.47. The molecule has 1 aliphatic rings. The van der Waals surface area contributed by atoms with Gasteiger partial charge in [0.15, 0.2) is 0 Å². The van der Waals surface area contributed by atoms with Crippen LogP contribution in [0.5, 0.6) is 0 Å². The first-order valence-corrected chi connectivity index (χ1v) is 5.92. The topological polar surface area (TPSA) is 67.4 Å². The zero-order valence-electron chi connectivity index (χ0n) is 9.75. The second kappa shape index (κ2) is 7.09. The predicted molar refractivity (Wildman–Crippen MR) is 60.0 cm³/mol. The van der Waals surface area contributed by atoms with E-state index in [1.54, 1.807) is 0 Å². The van der Waals surface area contributed by atoms with Crippen LogP contribution in [-0.2, 0) is 9.53 Å². The van der Waals surface area contributed by atoms with Crippen LogP contribution in [0.1, 0.15) is 32.6 Å². The molecule has 92 valence electrons. The first-order chi connectivity index (χ1) is 7.74. The maximum atomic E-state index is 11.2. The van der Waals surface area contributed by atoms with E-state index < -0.39 is 6.09 Å². The second-order valence-corrected chi connectivity index (χ2v) is 3.98. The molecule has 2 amide bonds.